The number of halogens is 1. The molecule has 0 amide bonds. The molecule has 4 nitrogen and oxygen atoms in total. The number of thiazole rings is 1. The lowest BCUT2D eigenvalue weighted by Crippen LogP contribution is -2.72. The Kier molecular flexibility index (Phi) is 6.29. The molecule has 6 heteroatoms. The van der Waals surface area contributed by atoms with Crippen LogP contribution in [0.4, 0.5) is 0 Å². The largest absolute Gasteiger partial charge is 0.356 e. The summed E-state index contributed by atoms with van der Waals surface area (Å²) in [6, 6.07) is 0. The molecular formula is C16H29IN4S. The summed E-state index contributed by atoms with van der Waals surface area (Å²) < 4.78 is 0. The Hall–Kier alpha value is -0.370. The normalized spacial score (nSPS) is 19.4. The summed E-state index contributed by atoms with van der Waals surface area (Å²) in [5.74, 6) is 1.02. The summed E-state index contributed by atoms with van der Waals surface area (Å²) >= 11 is 1.75. The summed E-state index contributed by atoms with van der Waals surface area (Å²) in [6.07, 6.45) is 0. The molecule has 1 aromatic heterocycles. The van der Waals surface area contributed by atoms with Crippen LogP contribution in [-0.2, 0) is 6.54 Å². The molecular weight excluding hydrogens is 407 g/mol. The number of guanidine groups is 1. The predicted molar refractivity (Wildman–Crippen MR) is 106 cm³/mol. The highest BCUT2D eigenvalue weighted by atomic mass is 127. The van der Waals surface area contributed by atoms with Crippen LogP contribution in [0.1, 0.15) is 50.2 Å². The van der Waals surface area contributed by atoms with Crippen molar-refractivity contribution in [1.82, 2.24) is 15.2 Å². The van der Waals surface area contributed by atoms with Crippen molar-refractivity contribution in [2.75, 3.05) is 13.1 Å². The lowest BCUT2D eigenvalue weighted by Gasteiger charge is -2.62. The van der Waals surface area contributed by atoms with Gasteiger partial charge in [-0.05, 0) is 34.6 Å². The smallest absolute Gasteiger partial charge is 0.194 e. The van der Waals surface area contributed by atoms with Crippen LogP contribution in [0.2, 0.25) is 0 Å². The lowest BCUT2D eigenvalue weighted by atomic mass is 9.65. The van der Waals surface area contributed by atoms with Gasteiger partial charge in [0.05, 0.1) is 17.2 Å². The fourth-order valence-electron chi connectivity index (χ4n) is 2.66. The monoisotopic (exact) mass is 436 g/mol. The molecule has 22 heavy (non-hydrogen) atoms. The molecule has 2 heterocycles. The molecule has 1 saturated heterocycles. The average molecular weight is 436 g/mol. The van der Waals surface area contributed by atoms with Crippen LogP contribution < -0.4 is 5.32 Å². The van der Waals surface area contributed by atoms with Crippen molar-refractivity contribution >= 4 is 41.3 Å². The number of aliphatic imine (C=N–C) groups is 1. The Morgan fingerprint density at radius 2 is 1.95 bits per heavy atom. The molecule has 0 aromatic carbocycles. The second kappa shape index (κ2) is 7.03. The number of aromatic nitrogens is 1. The number of likely N-dealkylation sites (tertiary alicyclic amines) is 1. The molecule has 0 unspecified atom stereocenters. The first kappa shape index (κ1) is 19.7. The number of rotatable bonds is 3. The second-order valence-corrected chi connectivity index (χ2v) is 8.23. The van der Waals surface area contributed by atoms with Gasteiger partial charge in [0.2, 0.25) is 0 Å². The highest BCUT2D eigenvalue weighted by Gasteiger charge is 2.53. The molecule has 0 saturated carbocycles. The lowest BCUT2D eigenvalue weighted by molar-refractivity contribution is -0.0667. The Balaban J connectivity index is 0.00000242. The van der Waals surface area contributed by atoms with Gasteiger partial charge in [-0.2, -0.15) is 0 Å². The van der Waals surface area contributed by atoms with Crippen molar-refractivity contribution in [3.63, 3.8) is 0 Å². The number of nitrogens with zero attached hydrogens (tertiary/aromatic N) is 3. The number of hydrogen-bond acceptors (Lipinski definition) is 3. The van der Waals surface area contributed by atoms with Crippen LogP contribution in [0.3, 0.4) is 0 Å². The van der Waals surface area contributed by atoms with Crippen molar-refractivity contribution in [1.29, 1.82) is 0 Å². The van der Waals surface area contributed by atoms with Gasteiger partial charge in [0.15, 0.2) is 5.96 Å². The minimum atomic E-state index is 0. The molecule has 0 radical (unpaired) electrons. The summed E-state index contributed by atoms with van der Waals surface area (Å²) in [5.41, 5.74) is 1.56. The minimum Gasteiger partial charge on any atom is -0.356 e. The number of aryl methyl sites for hydroxylation is 2. The molecule has 1 aliphatic rings. The summed E-state index contributed by atoms with van der Waals surface area (Å²) in [7, 11) is 0. The van der Waals surface area contributed by atoms with E-state index < -0.39 is 0 Å². The zero-order valence-corrected chi connectivity index (χ0v) is 17.9. The zero-order chi connectivity index (χ0) is 15.8. The van der Waals surface area contributed by atoms with Gasteiger partial charge in [0.25, 0.3) is 0 Å². The fraction of sp³-hybridized carbons (Fsp3) is 0.750. The number of nitrogens with one attached hydrogen (secondary N) is 1. The van der Waals surface area contributed by atoms with E-state index >= 15 is 0 Å². The van der Waals surface area contributed by atoms with E-state index in [1.807, 2.05) is 0 Å². The second-order valence-electron chi connectivity index (χ2n) is 6.94. The third kappa shape index (κ3) is 3.58. The van der Waals surface area contributed by atoms with E-state index in [2.05, 4.69) is 63.7 Å². The maximum absolute atomic E-state index is 4.84. The maximum Gasteiger partial charge on any atom is 0.194 e. The quantitative estimate of drug-likeness (QED) is 0.443. The molecule has 1 fully saturated rings. The van der Waals surface area contributed by atoms with Gasteiger partial charge >= 0.3 is 0 Å². The molecule has 1 N–H and O–H groups in total. The van der Waals surface area contributed by atoms with Crippen LogP contribution >= 0.6 is 35.3 Å². The van der Waals surface area contributed by atoms with E-state index in [0.29, 0.717) is 12.0 Å². The zero-order valence-electron chi connectivity index (χ0n) is 14.8. The van der Waals surface area contributed by atoms with Crippen LogP contribution in [0, 0.1) is 19.3 Å². The highest BCUT2D eigenvalue weighted by Crippen LogP contribution is 2.46. The van der Waals surface area contributed by atoms with Crippen molar-refractivity contribution in [2.24, 2.45) is 10.4 Å². The Morgan fingerprint density at radius 1 is 1.32 bits per heavy atom. The maximum atomic E-state index is 4.84. The van der Waals surface area contributed by atoms with Crippen LogP contribution in [0.15, 0.2) is 4.99 Å². The molecule has 2 rings (SSSR count). The van der Waals surface area contributed by atoms with Crippen molar-refractivity contribution < 1.29 is 0 Å². The van der Waals surface area contributed by atoms with Gasteiger partial charge in [-0.3, -0.25) is 0 Å². The third-order valence-corrected chi connectivity index (χ3v) is 5.90. The molecule has 1 aliphatic heterocycles. The fourth-order valence-corrected chi connectivity index (χ4v) is 3.52. The highest BCUT2D eigenvalue weighted by molar-refractivity contribution is 14.0. The third-order valence-electron chi connectivity index (χ3n) is 4.85. The van der Waals surface area contributed by atoms with Gasteiger partial charge in [-0.25, -0.2) is 9.98 Å². The standard InChI is InChI=1S/C16H28N4S.HI/c1-8-17-14(20-10-15(4,5)16(20,6)7)18-9-13-11(2)19-12(3)21-13;/h8-10H2,1-7H3,(H,17,18);1H. The summed E-state index contributed by atoms with van der Waals surface area (Å²) in [5, 5.41) is 4.55. The first-order valence-corrected chi connectivity index (χ1v) is 8.49. The predicted octanol–water partition coefficient (Wildman–Crippen LogP) is 3.96. The molecule has 126 valence electrons. The van der Waals surface area contributed by atoms with E-state index in [1.54, 1.807) is 11.3 Å². The van der Waals surface area contributed by atoms with Crippen LogP contribution in [-0.4, -0.2) is 34.5 Å². The van der Waals surface area contributed by atoms with Gasteiger partial charge in [0, 0.05) is 28.9 Å². The van der Waals surface area contributed by atoms with Gasteiger partial charge in [-0.15, -0.1) is 35.3 Å². The molecule has 0 aliphatic carbocycles. The molecule has 1 aromatic rings. The first-order valence-electron chi connectivity index (χ1n) is 7.68. The molecule has 0 spiro atoms. The summed E-state index contributed by atoms with van der Waals surface area (Å²) in [6.45, 7) is 18.1. The number of hydrogen-bond donors (Lipinski definition) is 1. The van der Waals surface area contributed by atoms with E-state index in [4.69, 9.17) is 4.99 Å². The molecule has 0 bridgehead atoms. The summed E-state index contributed by atoms with van der Waals surface area (Å²) in [4.78, 5) is 13.0. The topological polar surface area (TPSA) is 40.5 Å². The van der Waals surface area contributed by atoms with Gasteiger partial charge in [-0.1, -0.05) is 13.8 Å². The van der Waals surface area contributed by atoms with E-state index in [1.165, 1.54) is 4.88 Å². The molecule has 0 atom stereocenters. The SMILES string of the molecule is CCNC(=NCc1sc(C)nc1C)N1CC(C)(C)C1(C)C.I. The van der Waals surface area contributed by atoms with Gasteiger partial charge < -0.3 is 10.2 Å². The van der Waals surface area contributed by atoms with Crippen molar-refractivity contribution in [3.05, 3.63) is 15.6 Å². The van der Waals surface area contributed by atoms with Crippen LogP contribution in [0.5, 0.6) is 0 Å². The van der Waals surface area contributed by atoms with Crippen LogP contribution in [0.25, 0.3) is 0 Å². The van der Waals surface area contributed by atoms with Crippen molar-refractivity contribution in [2.45, 2.75) is 60.5 Å². The van der Waals surface area contributed by atoms with Gasteiger partial charge in [0.1, 0.15) is 0 Å². The minimum absolute atomic E-state index is 0. The van der Waals surface area contributed by atoms with E-state index in [-0.39, 0.29) is 29.5 Å². The Morgan fingerprint density at radius 3 is 2.36 bits per heavy atom. The first-order chi connectivity index (χ1) is 9.69. The Labute approximate surface area is 155 Å². The van der Waals surface area contributed by atoms with E-state index in [9.17, 15) is 0 Å². The van der Waals surface area contributed by atoms with Crippen molar-refractivity contribution in [3.8, 4) is 0 Å². The average Bonchev–Trinajstić information content (AvgIpc) is 2.70. The van der Waals surface area contributed by atoms with E-state index in [0.717, 1.165) is 29.8 Å². The Bertz CT molecular complexity index is 548.